The van der Waals surface area contributed by atoms with Gasteiger partial charge in [0.25, 0.3) is 0 Å². The van der Waals surface area contributed by atoms with Gasteiger partial charge in [0, 0.05) is 78.2 Å². The van der Waals surface area contributed by atoms with Crippen LogP contribution in [-0.4, -0.2) is 49.8 Å². The molecule has 15 aromatic carbocycles. The largest absolute Gasteiger partial charge is 0.223 e. The molecule has 120 heavy (non-hydrogen) atoms. The first kappa shape index (κ1) is 69.5. The van der Waals surface area contributed by atoms with Crippen LogP contribution in [0.5, 0.6) is 0 Å². The summed E-state index contributed by atoms with van der Waals surface area (Å²) in [6.07, 6.45) is 0. The van der Waals surface area contributed by atoms with E-state index in [1.165, 1.54) is 84.4 Å². The van der Waals surface area contributed by atoms with Crippen LogP contribution in [0.2, 0.25) is 26.4 Å². The average molecular weight is 1740 g/mol. The van der Waals surface area contributed by atoms with Crippen molar-refractivity contribution < 1.29 is 6.85 Å². The third-order valence-electron chi connectivity index (χ3n) is 20.8. The Morgan fingerprint density at radius 1 is 0.208 bits per heavy atom. The van der Waals surface area contributed by atoms with E-state index in [-0.39, 0.29) is 44.5 Å². The normalized spacial score (nSPS) is 12.1. The summed E-state index contributed by atoms with van der Waals surface area (Å²) < 4.78 is 50.6. The minimum absolute atomic E-state index is 0.0298. The predicted molar refractivity (Wildman–Crippen MR) is 513 cm³/mol. The van der Waals surface area contributed by atoms with Crippen molar-refractivity contribution in [2.45, 2.75) is 0 Å². The number of nitrogens with zero attached hydrogens (tertiary/aromatic N) is 10. The topological polar surface area (TPSA) is 129 Å². The number of halogens is 5. The zero-order chi connectivity index (χ0) is 84.8. The Morgan fingerprint density at radius 3 is 0.917 bits per heavy atom. The molecule has 0 radical (unpaired) electrons. The van der Waals surface area contributed by atoms with Crippen molar-refractivity contribution in [1.82, 2.24) is 49.8 Å². The molecule has 10 aromatic heterocycles. The van der Waals surface area contributed by atoms with Crippen LogP contribution in [-0.2, 0) is 0 Å². The summed E-state index contributed by atoms with van der Waals surface area (Å²) in [4.78, 5) is 44.6. The Labute approximate surface area is 736 Å². The van der Waals surface area contributed by atoms with E-state index >= 15 is 0 Å². The monoisotopic (exact) mass is 1740 g/mol. The van der Waals surface area contributed by atoms with Crippen LogP contribution in [0, 0.1) is 0 Å². The van der Waals surface area contributed by atoms with Gasteiger partial charge in [0.1, 0.15) is 0 Å². The lowest BCUT2D eigenvalue weighted by Gasteiger charge is -2.12. The molecular formula is C100H55Cl5N10S5. The minimum Gasteiger partial charge on any atom is -0.216 e. The van der Waals surface area contributed by atoms with Crippen molar-refractivity contribution in [3.8, 4) is 67.4 Å². The quantitative estimate of drug-likeness (QED) is 0.117. The van der Waals surface area contributed by atoms with Crippen molar-refractivity contribution in [3.05, 3.63) is 360 Å². The predicted octanol–water partition coefficient (Wildman–Crippen LogP) is 31.5. The molecule has 0 atom stereocenters. The first-order chi connectivity index (χ1) is 61.1. The minimum atomic E-state index is -0.438. The van der Waals surface area contributed by atoms with Crippen molar-refractivity contribution in [2.75, 3.05) is 0 Å². The van der Waals surface area contributed by atoms with Crippen LogP contribution >= 0.6 is 115 Å². The number of thiophene rings is 5. The summed E-state index contributed by atoms with van der Waals surface area (Å²) in [6.45, 7) is 0. The summed E-state index contributed by atoms with van der Waals surface area (Å²) in [5, 5.41) is 16.5. The fourth-order valence-electron chi connectivity index (χ4n) is 15.5. The van der Waals surface area contributed by atoms with E-state index in [1.54, 1.807) is 45.3 Å². The van der Waals surface area contributed by atoms with Gasteiger partial charge in [-0.1, -0.05) is 291 Å². The van der Waals surface area contributed by atoms with E-state index in [0.29, 0.717) is 15.5 Å². The number of hydrogen-bond donors (Lipinski definition) is 0. The highest BCUT2D eigenvalue weighted by Gasteiger charge is 2.22. The molecule has 0 aliphatic carbocycles. The Kier molecular flexibility index (Phi) is 18.5. The number of rotatable bonds is 6. The molecule has 0 bridgehead atoms. The molecule has 0 N–H and O–H groups in total. The molecule has 10 nitrogen and oxygen atoms in total. The highest BCUT2D eigenvalue weighted by molar-refractivity contribution is 7.28. The Hall–Kier alpha value is -12.5. The van der Waals surface area contributed by atoms with Gasteiger partial charge in [0.2, 0.25) is 26.4 Å². The molecule has 20 heteroatoms. The van der Waals surface area contributed by atoms with Crippen molar-refractivity contribution in [1.29, 1.82) is 0 Å². The highest BCUT2D eigenvalue weighted by Crippen LogP contribution is 2.47. The molecule has 0 aliphatic heterocycles. The second-order valence-corrected chi connectivity index (χ2v) is 34.9. The van der Waals surface area contributed by atoms with Gasteiger partial charge in [-0.15, -0.1) is 56.7 Å². The van der Waals surface area contributed by atoms with Crippen LogP contribution in [0.1, 0.15) is 6.85 Å². The number of aromatic nitrogens is 10. The van der Waals surface area contributed by atoms with Gasteiger partial charge in [0.15, 0.2) is 0 Å². The highest BCUT2D eigenvalue weighted by atomic mass is 35.5. The van der Waals surface area contributed by atoms with E-state index in [4.69, 9.17) is 64.9 Å². The molecule has 25 rings (SSSR count). The summed E-state index contributed by atoms with van der Waals surface area (Å²) in [6, 6.07) is 102. The summed E-state index contributed by atoms with van der Waals surface area (Å²) in [5.74, 6) is 0. The lowest BCUT2D eigenvalue weighted by Crippen LogP contribution is -1.90. The molecule has 570 valence electrons. The standard InChI is InChI=1S/C26H13ClN2S.C22H13ClN2S.C20H11ClN2S.2C16H9ClN2S/c27-26-28-23(25-24(29-26)19-6-1-2-7-20(19)30-25)18-12-16-10-8-14-4-3-5-15-9-11-17(13-18)22(16)21(14)15;23-22-24-19(21-20(25-22)17-8-4-5-9-18(17)26-21)16-12-10-15(11-13-16)14-6-2-1-3-7-14;21-20-22-17(14-10-5-7-12-6-1-2-8-13(12)14)19-18(23-20)15-9-3-4-11-16(15)24-19;2*17-16-18-13(10-6-2-1-3-7-10)15-14(19-16)11-8-4-5-9-12(11)20-15/h1-13H;1-13H;1-11H;2*1-9H/i;;;1D,2D,3D,6D,7D;. The van der Waals surface area contributed by atoms with Crippen molar-refractivity contribution in [3.63, 3.8) is 0 Å². The first-order valence-corrected chi connectivity index (χ1v) is 43.8. The third-order valence-corrected chi connectivity index (χ3v) is 27.5. The van der Waals surface area contributed by atoms with E-state index in [2.05, 4.69) is 232 Å². The van der Waals surface area contributed by atoms with Crippen LogP contribution < -0.4 is 0 Å². The molecule has 0 saturated heterocycles. The maximum Gasteiger partial charge on any atom is 0.223 e. The van der Waals surface area contributed by atoms with Gasteiger partial charge < -0.3 is 0 Å². The fourth-order valence-corrected chi connectivity index (χ4v) is 22.1. The van der Waals surface area contributed by atoms with E-state index in [0.717, 1.165) is 118 Å². The Morgan fingerprint density at radius 2 is 0.492 bits per heavy atom. The first-order valence-electron chi connectivity index (χ1n) is 40.3. The molecule has 10 heterocycles. The second kappa shape index (κ2) is 32.0. The molecule has 25 aromatic rings. The van der Waals surface area contributed by atoms with Gasteiger partial charge >= 0.3 is 0 Å². The Balaban J connectivity index is 0.0000000961. The van der Waals surface area contributed by atoms with Gasteiger partial charge in [0.05, 0.1) is 86.4 Å². The number of benzene rings is 15. The van der Waals surface area contributed by atoms with Crippen LogP contribution in [0.4, 0.5) is 0 Å². The number of fused-ring (bicyclic) bond motifs is 16. The summed E-state index contributed by atoms with van der Waals surface area (Å²) >= 11 is 39.3. The van der Waals surface area contributed by atoms with E-state index in [1.807, 2.05) is 121 Å². The maximum atomic E-state index is 8.18. The molecular weight excluding hydrogens is 1680 g/mol. The zero-order valence-electron chi connectivity index (χ0n) is 67.3. The molecule has 0 spiro atoms. The second-order valence-electron chi connectivity index (χ2n) is 27.9. The van der Waals surface area contributed by atoms with E-state index < -0.39 is 18.1 Å². The van der Waals surface area contributed by atoms with Crippen molar-refractivity contribution >= 4 is 259 Å². The van der Waals surface area contributed by atoms with E-state index in [9.17, 15) is 0 Å². The molecule has 0 fully saturated rings. The molecule has 0 saturated carbocycles. The van der Waals surface area contributed by atoms with Gasteiger partial charge in [-0.05, 0) is 155 Å². The maximum absolute atomic E-state index is 8.18. The zero-order valence-corrected chi connectivity index (χ0v) is 70.1. The van der Waals surface area contributed by atoms with Gasteiger partial charge in [-0.25, -0.2) is 49.8 Å². The molecule has 0 unspecified atom stereocenters. The lowest BCUT2D eigenvalue weighted by molar-refractivity contribution is 1.23. The third kappa shape index (κ3) is 14.1. The van der Waals surface area contributed by atoms with Crippen LogP contribution in [0.25, 0.3) is 212 Å². The SMILES string of the molecule is Clc1nc(-c2cc3ccc4cccc5ccc(c2)c3c45)c2sc3ccccc3c2n1.Clc1nc(-c2ccc(-c3ccccc3)cc2)c2sc3ccccc3c2n1.Clc1nc(-c2cccc3ccccc23)c2sc3ccccc3c2n1.Clc1nc(-c2ccccc2)c2sc3ccccc3c2n1.[2H]c1c([2H])c([2H])c(-c2nc(Cl)nc3c2sc2ccccc23)c([2H])c1[2H]. The molecule has 0 aliphatic rings. The average Bonchev–Trinajstić information content (AvgIpc) is 1.18. The van der Waals surface area contributed by atoms with Crippen molar-refractivity contribution in [2.24, 2.45) is 0 Å². The summed E-state index contributed by atoms with van der Waals surface area (Å²) in [5.41, 5.74) is 14.9. The summed E-state index contributed by atoms with van der Waals surface area (Å²) in [7, 11) is 0. The molecule has 0 amide bonds. The van der Waals surface area contributed by atoms with Gasteiger partial charge in [-0.3, -0.25) is 0 Å². The van der Waals surface area contributed by atoms with Crippen LogP contribution in [0.3, 0.4) is 0 Å². The lowest BCUT2D eigenvalue weighted by atomic mass is 9.92. The number of hydrogen-bond acceptors (Lipinski definition) is 15. The Bertz CT molecular complexity index is 8520. The smallest absolute Gasteiger partial charge is 0.216 e. The van der Waals surface area contributed by atoms with Gasteiger partial charge in [-0.2, -0.15) is 0 Å². The fraction of sp³-hybridized carbons (Fsp3) is 0. The van der Waals surface area contributed by atoms with Crippen LogP contribution in [0.15, 0.2) is 334 Å².